The van der Waals surface area contributed by atoms with E-state index in [1.807, 2.05) is 11.7 Å². The molecule has 0 amide bonds. The van der Waals surface area contributed by atoms with Crippen LogP contribution in [0, 0.1) is 5.92 Å². The smallest absolute Gasteiger partial charge is 0.320 e. The summed E-state index contributed by atoms with van der Waals surface area (Å²) in [4.78, 5) is 19.1. The van der Waals surface area contributed by atoms with Crippen LogP contribution in [-0.4, -0.2) is 33.0 Å². The molecule has 5 heteroatoms. The van der Waals surface area contributed by atoms with E-state index in [0.29, 0.717) is 12.0 Å². The molecule has 0 aromatic carbocycles. The van der Waals surface area contributed by atoms with E-state index in [0.717, 1.165) is 12.8 Å². The molecule has 1 saturated carbocycles. The summed E-state index contributed by atoms with van der Waals surface area (Å²) in [6.45, 7) is 2.13. The minimum absolute atomic E-state index is 0.168. The second kappa shape index (κ2) is 5.21. The highest BCUT2D eigenvalue weighted by molar-refractivity contribution is 7.09. The number of likely N-dealkylation sites (tertiary alicyclic amines) is 1. The van der Waals surface area contributed by atoms with Crippen molar-refractivity contribution in [2.45, 2.75) is 57.2 Å². The van der Waals surface area contributed by atoms with Gasteiger partial charge in [-0.15, -0.1) is 11.3 Å². The number of hydrogen-bond acceptors (Lipinski definition) is 4. The number of carbonyl (C=O) groups is 1. The van der Waals surface area contributed by atoms with Gasteiger partial charge in [0.2, 0.25) is 0 Å². The minimum Gasteiger partial charge on any atom is -0.480 e. The van der Waals surface area contributed by atoms with E-state index in [1.165, 1.54) is 24.1 Å². The maximum Gasteiger partial charge on any atom is 0.320 e. The number of nitrogens with zero attached hydrogens (tertiary/aromatic N) is 2. The van der Waals surface area contributed by atoms with Gasteiger partial charge < -0.3 is 5.11 Å². The molecule has 1 aromatic rings. The molecular weight excluding hydrogens is 260 g/mol. The number of fused-ring (bicyclic) bond motifs is 1. The van der Waals surface area contributed by atoms with Crippen LogP contribution in [-0.2, 0) is 4.79 Å². The zero-order valence-electron chi connectivity index (χ0n) is 11.2. The molecule has 1 aliphatic carbocycles. The molecule has 1 aliphatic heterocycles. The average Bonchev–Trinajstić information content (AvgIpc) is 3.05. The molecule has 0 radical (unpaired) electrons. The van der Waals surface area contributed by atoms with Crippen LogP contribution in [0.3, 0.4) is 0 Å². The molecule has 2 heterocycles. The first-order chi connectivity index (χ1) is 9.18. The van der Waals surface area contributed by atoms with Crippen LogP contribution in [0.1, 0.15) is 49.9 Å². The van der Waals surface area contributed by atoms with E-state index < -0.39 is 5.97 Å². The normalized spacial score (nSPS) is 33.0. The van der Waals surface area contributed by atoms with Crippen LogP contribution in [0.4, 0.5) is 0 Å². The molecule has 4 nitrogen and oxygen atoms in total. The van der Waals surface area contributed by atoms with Gasteiger partial charge in [0.1, 0.15) is 6.04 Å². The highest BCUT2D eigenvalue weighted by atomic mass is 32.1. The topological polar surface area (TPSA) is 53.4 Å². The third-order valence-electron chi connectivity index (χ3n) is 4.73. The predicted molar refractivity (Wildman–Crippen MR) is 74.2 cm³/mol. The van der Waals surface area contributed by atoms with Crippen molar-refractivity contribution in [1.29, 1.82) is 0 Å². The first kappa shape index (κ1) is 13.1. The molecule has 3 rings (SSSR count). The van der Waals surface area contributed by atoms with Crippen LogP contribution in [0.15, 0.2) is 11.7 Å². The van der Waals surface area contributed by atoms with E-state index in [1.54, 1.807) is 11.3 Å². The van der Waals surface area contributed by atoms with Gasteiger partial charge >= 0.3 is 5.97 Å². The lowest BCUT2D eigenvalue weighted by Gasteiger charge is -2.36. The van der Waals surface area contributed by atoms with Crippen molar-refractivity contribution in [2.75, 3.05) is 0 Å². The summed E-state index contributed by atoms with van der Waals surface area (Å²) >= 11 is 1.63. The third kappa shape index (κ3) is 2.30. The van der Waals surface area contributed by atoms with Crippen molar-refractivity contribution in [3.8, 4) is 0 Å². The van der Waals surface area contributed by atoms with Crippen LogP contribution >= 0.6 is 11.3 Å². The fourth-order valence-corrected chi connectivity index (χ4v) is 4.54. The number of hydrogen-bond donors (Lipinski definition) is 1. The van der Waals surface area contributed by atoms with Gasteiger partial charge in [0.25, 0.3) is 0 Å². The Labute approximate surface area is 117 Å². The molecule has 0 bridgehead atoms. The molecule has 1 N–H and O–H groups in total. The van der Waals surface area contributed by atoms with Crippen molar-refractivity contribution in [3.63, 3.8) is 0 Å². The second-order valence-electron chi connectivity index (χ2n) is 5.73. The molecule has 104 valence electrons. The van der Waals surface area contributed by atoms with Gasteiger partial charge in [-0.3, -0.25) is 14.7 Å². The largest absolute Gasteiger partial charge is 0.480 e. The molecule has 1 saturated heterocycles. The maximum atomic E-state index is 11.6. The predicted octanol–water partition coefficient (Wildman–Crippen LogP) is 2.92. The Morgan fingerprint density at radius 1 is 1.53 bits per heavy atom. The first-order valence-electron chi connectivity index (χ1n) is 7.07. The number of aromatic nitrogens is 1. The Bertz CT molecular complexity index is 448. The quantitative estimate of drug-likeness (QED) is 0.925. The fraction of sp³-hybridized carbons (Fsp3) is 0.714. The van der Waals surface area contributed by atoms with Gasteiger partial charge in [-0.2, -0.15) is 0 Å². The second-order valence-corrected chi connectivity index (χ2v) is 6.65. The van der Waals surface area contributed by atoms with Gasteiger partial charge in [-0.25, -0.2) is 0 Å². The average molecular weight is 280 g/mol. The summed E-state index contributed by atoms with van der Waals surface area (Å²) < 4.78 is 0. The lowest BCUT2D eigenvalue weighted by molar-refractivity contribution is -0.143. The Balaban J connectivity index is 1.88. The minimum atomic E-state index is -0.661. The van der Waals surface area contributed by atoms with Crippen LogP contribution in [0.2, 0.25) is 0 Å². The highest BCUT2D eigenvalue weighted by Crippen LogP contribution is 2.44. The zero-order valence-corrected chi connectivity index (χ0v) is 12.0. The standard InChI is InChI=1S/C14H20N2O2S/c1-9(13-7-15-8-19-13)16-11-5-3-2-4-10(11)6-12(16)14(17)18/h7-12H,2-6H2,1H3,(H,17,18). The summed E-state index contributed by atoms with van der Waals surface area (Å²) in [5.41, 5.74) is 1.83. The van der Waals surface area contributed by atoms with Crippen molar-refractivity contribution >= 4 is 17.3 Å². The molecule has 0 spiro atoms. The van der Waals surface area contributed by atoms with Gasteiger partial charge in [-0.05, 0) is 32.1 Å². The van der Waals surface area contributed by atoms with Crippen molar-refractivity contribution in [3.05, 3.63) is 16.6 Å². The highest BCUT2D eigenvalue weighted by Gasteiger charge is 2.47. The third-order valence-corrected chi connectivity index (χ3v) is 5.68. The van der Waals surface area contributed by atoms with E-state index in [2.05, 4.69) is 16.8 Å². The molecule has 2 aliphatic rings. The van der Waals surface area contributed by atoms with Gasteiger partial charge in [0.15, 0.2) is 0 Å². The maximum absolute atomic E-state index is 11.6. The number of rotatable bonds is 3. The molecular formula is C14H20N2O2S. The van der Waals surface area contributed by atoms with Gasteiger partial charge in [0, 0.05) is 23.2 Å². The SMILES string of the molecule is CC(c1cncs1)N1C(C(=O)O)CC2CCCCC21. The summed E-state index contributed by atoms with van der Waals surface area (Å²) in [6.07, 6.45) is 7.54. The molecule has 4 unspecified atom stereocenters. The summed E-state index contributed by atoms with van der Waals surface area (Å²) in [5, 5.41) is 9.52. The van der Waals surface area contributed by atoms with Crippen molar-refractivity contribution in [1.82, 2.24) is 9.88 Å². The Hall–Kier alpha value is -0.940. The van der Waals surface area contributed by atoms with Crippen LogP contribution in [0.5, 0.6) is 0 Å². The Morgan fingerprint density at radius 3 is 3.00 bits per heavy atom. The van der Waals surface area contributed by atoms with Crippen LogP contribution < -0.4 is 0 Å². The zero-order chi connectivity index (χ0) is 13.4. The molecule has 19 heavy (non-hydrogen) atoms. The monoisotopic (exact) mass is 280 g/mol. The molecule has 2 fully saturated rings. The van der Waals surface area contributed by atoms with Crippen molar-refractivity contribution < 1.29 is 9.90 Å². The van der Waals surface area contributed by atoms with Crippen LogP contribution in [0.25, 0.3) is 0 Å². The lowest BCUT2D eigenvalue weighted by atomic mass is 9.84. The van der Waals surface area contributed by atoms with E-state index >= 15 is 0 Å². The first-order valence-corrected chi connectivity index (χ1v) is 7.95. The number of carboxylic acid groups (broad SMARTS) is 1. The lowest BCUT2D eigenvalue weighted by Crippen LogP contribution is -2.43. The molecule has 1 aromatic heterocycles. The van der Waals surface area contributed by atoms with E-state index in [4.69, 9.17) is 0 Å². The summed E-state index contributed by atoms with van der Waals surface area (Å²) in [7, 11) is 0. The Morgan fingerprint density at radius 2 is 2.32 bits per heavy atom. The van der Waals surface area contributed by atoms with Crippen molar-refractivity contribution in [2.24, 2.45) is 5.92 Å². The van der Waals surface area contributed by atoms with E-state index in [9.17, 15) is 9.90 Å². The summed E-state index contributed by atoms with van der Waals surface area (Å²) in [5.74, 6) is -0.0870. The summed E-state index contributed by atoms with van der Waals surface area (Å²) in [6, 6.07) is 0.304. The molecule has 4 atom stereocenters. The van der Waals surface area contributed by atoms with Gasteiger partial charge in [-0.1, -0.05) is 12.8 Å². The van der Waals surface area contributed by atoms with E-state index in [-0.39, 0.29) is 12.1 Å². The number of aliphatic carboxylic acids is 1. The fourth-order valence-electron chi connectivity index (χ4n) is 3.86. The number of thiazole rings is 1. The Kier molecular flexibility index (Phi) is 3.58. The van der Waals surface area contributed by atoms with Gasteiger partial charge in [0.05, 0.1) is 5.51 Å². The number of carboxylic acids is 1.